The zero-order chi connectivity index (χ0) is 17.6. The molecule has 0 aliphatic heterocycles. The maximum Gasteiger partial charge on any atom is 0.374 e. The molecule has 0 aliphatic carbocycles. The second kappa shape index (κ2) is 8.72. The van der Waals surface area contributed by atoms with Crippen LogP contribution in [-0.2, 0) is 24.1 Å². The topological polar surface area (TPSA) is 88.1 Å². The Bertz CT molecular complexity index is 625. The molecule has 0 N–H and O–H groups in total. The Kier molecular flexibility index (Phi) is 7.29. The van der Waals surface area contributed by atoms with Crippen LogP contribution in [0.4, 0.5) is 0 Å². The number of hydrogen-bond donors (Lipinski definition) is 0. The third kappa shape index (κ3) is 4.13. The molecule has 0 fully saturated rings. The summed E-state index contributed by atoms with van der Waals surface area (Å²) >= 11 is 0. The van der Waals surface area contributed by atoms with Gasteiger partial charge in [-0.3, -0.25) is 14.3 Å². The van der Waals surface area contributed by atoms with E-state index in [9.17, 15) is 14.2 Å². The lowest BCUT2D eigenvalue weighted by Gasteiger charge is -2.16. The van der Waals surface area contributed by atoms with E-state index in [1.807, 2.05) is 0 Å². The van der Waals surface area contributed by atoms with Crippen molar-refractivity contribution < 1.29 is 33.7 Å². The van der Waals surface area contributed by atoms with Gasteiger partial charge in [-0.2, -0.15) is 9.78 Å². The van der Waals surface area contributed by atoms with E-state index in [2.05, 4.69) is 19.6 Å². The van der Waals surface area contributed by atoms with Crippen LogP contribution in [0.5, 0.6) is 0 Å². The van der Waals surface area contributed by atoms with Crippen LogP contribution < -0.4 is 5.30 Å². The molecule has 8 heteroatoms. The molecule has 0 amide bonds. The van der Waals surface area contributed by atoms with E-state index in [0.717, 1.165) is 0 Å². The van der Waals surface area contributed by atoms with Gasteiger partial charge in [0.15, 0.2) is 8.46 Å². The van der Waals surface area contributed by atoms with Crippen molar-refractivity contribution in [3.05, 3.63) is 27.8 Å². The Morgan fingerprint density at radius 1 is 0.826 bits per heavy atom. The zero-order valence-corrected chi connectivity index (χ0v) is 14.6. The van der Waals surface area contributed by atoms with Crippen LogP contribution in [-0.4, -0.2) is 25.2 Å². The van der Waals surface area contributed by atoms with Gasteiger partial charge < -0.3 is 0 Å². The van der Waals surface area contributed by atoms with E-state index < -0.39 is 11.9 Å². The first kappa shape index (κ1) is 19.2. The molecule has 0 saturated carbocycles. The highest BCUT2D eigenvalue weighted by Gasteiger charge is 2.29. The SMILES string of the molecule is CCOOC(=O)c1c(C)c(C)c(P=O)c(C)c1C(=O)OOCC. The predicted octanol–water partition coefficient (Wildman–Crippen LogP) is 2.75. The summed E-state index contributed by atoms with van der Waals surface area (Å²) in [4.78, 5) is 43.1. The minimum absolute atomic E-state index is 0.00514. The van der Waals surface area contributed by atoms with Crippen LogP contribution in [0.15, 0.2) is 0 Å². The van der Waals surface area contributed by atoms with E-state index in [-0.39, 0.29) is 32.8 Å². The molecule has 0 unspecified atom stereocenters. The average molecular weight is 342 g/mol. The molecule has 0 spiro atoms. The first-order valence-electron chi connectivity index (χ1n) is 7.05. The molecule has 126 valence electrons. The molecule has 0 saturated heterocycles. The molecule has 0 aromatic heterocycles. The summed E-state index contributed by atoms with van der Waals surface area (Å²) in [6, 6.07) is 0. The normalized spacial score (nSPS) is 10.7. The first-order valence-corrected chi connectivity index (χ1v) is 7.86. The number of carbonyl (C=O) groups is 2. The monoisotopic (exact) mass is 342 g/mol. The summed E-state index contributed by atoms with van der Waals surface area (Å²) < 4.78 is 11.4. The van der Waals surface area contributed by atoms with Gasteiger partial charge in [-0.1, -0.05) is 0 Å². The first-order chi connectivity index (χ1) is 10.9. The van der Waals surface area contributed by atoms with Crippen molar-refractivity contribution in [2.24, 2.45) is 0 Å². The third-order valence-corrected chi connectivity index (χ3v) is 4.13. The van der Waals surface area contributed by atoms with Crippen LogP contribution in [0.25, 0.3) is 0 Å². The van der Waals surface area contributed by atoms with Gasteiger partial charge in [0.2, 0.25) is 0 Å². The number of benzene rings is 1. The largest absolute Gasteiger partial charge is 0.374 e. The van der Waals surface area contributed by atoms with Gasteiger partial charge >= 0.3 is 11.9 Å². The van der Waals surface area contributed by atoms with E-state index in [0.29, 0.717) is 22.0 Å². The second-order valence-corrected chi connectivity index (χ2v) is 5.25. The molecule has 0 heterocycles. The summed E-state index contributed by atoms with van der Waals surface area (Å²) in [6.07, 6.45) is 0. The smallest absolute Gasteiger partial charge is 0.293 e. The minimum Gasteiger partial charge on any atom is -0.293 e. The fourth-order valence-corrected chi connectivity index (χ4v) is 2.65. The Hall–Kier alpha value is -1.82. The van der Waals surface area contributed by atoms with Crippen LogP contribution in [0.2, 0.25) is 0 Å². The lowest BCUT2D eigenvalue weighted by Crippen LogP contribution is -2.23. The molecular weight excluding hydrogens is 323 g/mol. The van der Waals surface area contributed by atoms with Crippen molar-refractivity contribution in [2.45, 2.75) is 34.6 Å². The van der Waals surface area contributed by atoms with Gasteiger partial charge in [0.1, 0.15) is 0 Å². The number of hydrogen-bond acceptors (Lipinski definition) is 7. The maximum absolute atomic E-state index is 12.3. The molecule has 0 aliphatic rings. The van der Waals surface area contributed by atoms with Gasteiger partial charge in [-0.15, -0.1) is 0 Å². The molecule has 23 heavy (non-hydrogen) atoms. The highest BCUT2D eigenvalue weighted by molar-refractivity contribution is 7.34. The van der Waals surface area contributed by atoms with E-state index >= 15 is 0 Å². The molecule has 1 aromatic rings. The number of carbonyl (C=O) groups excluding carboxylic acids is 2. The molecular formula is C15H19O7P. The molecule has 0 bridgehead atoms. The molecule has 0 radical (unpaired) electrons. The molecule has 1 rings (SSSR count). The highest BCUT2D eigenvalue weighted by Crippen LogP contribution is 2.25. The van der Waals surface area contributed by atoms with Crippen molar-refractivity contribution >= 4 is 25.7 Å². The average Bonchev–Trinajstić information content (AvgIpc) is 2.53. The van der Waals surface area contributed by atoms with E-state index in [1.165, 1.54) is 0 Å². The van der Waals surface area contributed by atoms with Gasteiger partial charge in [0.05, 0.1) is 24.3 Å². The Balaban J connectivity index is 3.54. The summed E-state index contributed by atoms with van der Waals surface area (Å²) in [7, 11) is -0.264. The van der Waals surface area contributed by atoms with Crippen molar-refractivity contribution in [3.8, 4) is 0 Å². The maximum atomic E-state index is 12.3. The van der Waals surface area contributed by atoms with Crippen LogP contribution in [0, 0.1) is 20.8 Å². The fraction of sp³-hybridized carbons (Fsp3) is 0.467. The summed E-state index contributed by atoms with van der Waals surface area (Å²) in [5, 5.41) is 0.416. The lowest BCUT2D eigenvalue weighted by molar-refractivity contribution is -0.238. The summed E-state index contributed by atoms with van der Waals surface area (Å²) in [5.41, 5.74) is 1.39. The highest BCUT2D eigenvalue weighted by atomic mass is 31.1. The lowest BCUT2D eigenvalue weighted by atomic mass is 9.93. The van der Waals surface area contributed by atoms with Crippen molar-refractivity contribution in [1.82, 2.24) is 0 Å². The third-order valence-electron chi connectivity index (χ3n) is 3.28. The van der Waals surface area contributed by atoms with Gasteiger partial charge in [0, 0.05) is 5.30 Å². The zero-order valence-electron chi connectivity index (χ0n) is 13.7. The van der Waals surface area contributed by atoms with Crippen molar-refractivity contribution in [3.63, 3.8) is 0 Å². The summed E-state index contributed by atoms with van der Waals surface area (Å²) in [6.45, 7) is 8.53. The van der Waals surface area contributed by atoms with Gasteiger partial charge in [-0.05, 0) is 51.3 Å². The van der Waals surface area contributed by atoms with E-state index in [4.69, 9.17) is 0 Å². The minimum atomic E-state index is -0.860. The van der Waals surface area contributed by atoms with Crippen LogP contribution in [0.3, 0.4) is 0 Å². The summed E-state index contributed by atoms with van der Waals surface area (Å²) in [5.74, 6) is -1.69. The van der Waals surface area contributed by atoms with E-state index in [1.54, 1.807) is 34.6 Å². The van der Waals surface area contributed by atoms with Crippen LogP contribution in [0.1, 0.15) is 51.3 Å². The Morgan fingerprint density at radius 2 is 1.26 bits per heavy atom. The van der Waals surface area contributed by atoms with Crippen molar-refractivity contribution in [2.75, 3.05) is 13.2 Å². The number of rotatable bonds is 7. The van der Waals surface area contributed by atoms with Crippen LogP contribution >= 0.6 is 8.46 Å². The second-order valence-electron chi connectivity index (χ2n) is 4.62. The quantitative estimate of drug-likeness (QED) is 0.428. The molecule has 1 aromatic carbocycles. The Morgan fingerprint density at radius 3 is 1.65 bits per heavy atom. The van der Waals surface area contributed by atoms with Gasteiger partial charge in [-0.25, -0.2) is 9.59 Å². The van der Waals surface area contributed by atoms with Gasteiger partial charge in [0.25, 0.3) is 0 Å². The standard InChI is InChI=1S/C15H19O7P/c1-6-19-21-14(16)11-8(3)9(4)13(23-18)10(5)12(11)15(17)22-20-7-2/h6-7H2,1-5H3. The Labute approximate surface area is 135 Å². The predicted molar refractivity (Wildman–Crippen MR) is 82.0 cm³/mol. The molecule has 0 atom stereocenters. The van der Waals surface area contributed by atoms with Crippen molar-refractivity contribution in [1.29, 1.82) is 0 Å². The molecule has 7 nitrogen and oxygen atoms in total. The fourth-order valence-electron chi connectivity index (χ4n) is 2.10.